The smallest absolute Gasteiger partial charge is 0.211 e. The Morgan fingerprint density at radius 2 is 2.05 bits per heavy atom. The van der Waals surface area contributed by atoms with Crippen molar-refractivity contribution in [3.63, 3.8) is 0 Å². The van der Waals surface area contributed by atoms with E-state index in [1.807, 2.05) is 6.92 Å². The first-order chi connectivity index (χ1) is 8.77. The molecule has 3 N–H and O–H groups in total. The molecular formula is C12H28N4O2S. The van der Waals surface area contributed by atoms with Crippen molar-refractivity contribution < 1.29 is 8.42 Å². The molecule has 6 nitrogen and oxygen atoms in total. The lowest BCUT2D eigenvalue weighted by Crippen LogP contribution is -2.34. The van der Waals surface area contributed by atoms with E-state index >= 15 is 0 Å². The highest BCUT2D eigenvalue weighted by Crippen LogP contribution is 1.99. The second-order valence-corrected chi connectivity index (χ2v) is 6.97. The summed E-state index contributed by atoms with van der Waals surface area (Å²) in [7, 11) is -3.10. The summed E-state index contributed by atoms with van der Waals surface area (Å²) in [6.07, 6.45) is 2.95. The third-order valence-corrected chi connectivity index (χ3v) is 4.08. The lowest BCUT2D eigenvalue weighted by Gasteiger charge is -2.16. The molecule has 0 rings (SSSR count). The molecule has 0 aliphatic carbocycles. The first-order valence-electron chi connectivity index (χ1n) is 6.76. The molecular weight excluding hydrogens is 264 g/mol. The number of hydrogen-bond donors (Lipinski definition) is 2. The van der Waals surface area contributed by atoms with Crippen LogP contribution in [0.25, 0.3) is 0 Å². The zero-order valence-corrected chi connectivity index (χ0v) is 13.3. The van der Waals surface area contributed by atoms with E-state index in [1.165, 1.54) is 10.6 Å². The van der Waals surface area contributed by atoms with Crippen LogP contribution in [-0.4, -0.2) is 51.1 Å². The van der Waals surface area contributed by atoms with Gasteiger partial charge in [0.1, 0.15) is 0 Å². The zero-order chi connectivity index (χ0) is 14.9. The first kappa shape index (κ1) is 18.2. The molecule has 0 aliphatic rings. The van der Waals surface area contributed by atoms with Gasteiger partial charge in [-0.1, -0.05) is 20.8 Å². The second-order valence-electron chi connectivity index (χ2n) is 4.98. The fourth-order valence-corrected chi connectivity index (χ4v) is 2.48. The lowest BCUT2D eigenvalue weighted by molar-refractivity contribution is 0.427. The second kappa shape index (κ2) is 9.14. The van der Waals surface area contributed by atoms with Crippen LogP contribution in [0.15, 0.2) is 4.99 Å². The number of nitrogens with two attached hydrogens (primary N) is 1. The molecule has 0 spiro atoms. The molecule has 0 saturated heterocycles. The van der Waals surface area contributed by atoms with Crippen LogP contribution in [-0.2, 0) is 10.0 Å². The summed E-state index contributed by atoms with van der Waals surface area (Å²) in [5.41, 5.74) is 5.70. The largest absolute Gasteiger partial charge is 0.370 e. The van der Waals surface area contributed by atoms with Crippen LogP contribution in [0.5, 0.6) is 0 Å². The summed E-state index contributed by atoms with van der Waals surface area (Å²) in [5, 5.41) is 3.04. The van der Waals surface area contributed by atoms with Crippen LogP contribution in [0.3, 0.4) is 0 Å². The zero-order valence-electron chi connectivity index (χ0n) is 12.5. The van der Waals surface area contributed by atoms with Gasteiger partial charge < -0.3 is 11.1 Å². The van der Waals surface area contributed by atoms with Gasteiger partial charge in [0.2, 0.25) is 10.0 Å². The van der Waals surface area contributed by atoms with Gasteiger partial charge in [-0.15, -0.1) is 0 Å². The molecule has 7 heteroatoms. The summed E-state index contributed by atoms with van der Waals surface area (Å²) >= 11 is 0. The maximum Gasteiger partial charge on any atom is 0.211 e. The van der Waals surface area contributed by atoms with Gasteiger partial charge in [0.25, 0.3) is 0 Å². The summed E-state index contributed by atoms with van der Waals surface area (Å²) in [6.45, 7) is 8.46. The van der Waals surface area contributed by atoms with Crippen molar-refractivity contribution in [1.82, 2.24) is 9.62 Å². The maximum absolute atomic E-state index is 11.3. The van der Waals surface area contributed by atoms with Crippen molar-refractivity contribution in [2.75, 3.05) is 32.4 Å². The van der Waals surface area contributed by atoms with E-state index in [-0.39, 0.29) is 0 Å². The minimum atomic E-state index is -3.10. The summed E-state index contributed by atoms with van der Waals surface area (Å²) in [6, 6.07) is 0. The Hall–Kier alpha value is -0.820. The van der Waals surface area contributed by atoms with Crippen LogP contribution >= 0.6 is 0 Å². The third kappa shape index (κ3) is 9.72. The number of hydrogen-bond acceptors (Lipinski definition) is 3. The Kier molecular flexibility index (Phi) is 8.75. The Morgan fingerprint density at radius 3 is 2.53 bits per heavy atom. The molecule has 0 aliphatic heterocycles. The Morgan fingerprint density at radius 1 is 1.42 bits per heavy atom. The van der Waals surface area contributed by atoms with Crippen molar-refractivity contribution >= 4 is 16.0 Å². The van der Waals surface area contributed by atoms with Crippen LogP contribution in [0.1, 0.15) is 33.6 Å². The fraction of sp³-hybridized carbons (Fsp3) is 0.917. The van der Waals surface area contributed by atoms with Gasteiger partial charge >= 0.3 is 0 Å². The predicted octanol–water partition coefficient (Wildman–Crippen LogP) is 0.608. The maximum atomic E-state index is 11.3. The van der Waals surface area contributed by atoms with Gasteiger partial charge in [0.15, 0.2) is 5.96 Å². The summed E-state index contributed by atoms with van der Waals surface area (Å²) in [5.74, 6) is 1.07. The van der Waals surface area contributed by atoms with Gasteiger partial charge in [-0.2, -0.15) is 0 Å². The first-order valence-corrected chi connectivity index (χ1v) is 8.61. The van der Waals surface area contributed by atoms with Gasteiger partial charge in [0.05, 0.1) is 6.26 Å². The van der Waals surface area contributed by atoms with E-state index in [1.54, 1.807) is 0 Å². The molecule has 0 amide bonds. The van der Waals surface area contributed by atoms with Crippen LogP contribution in [0.2, 0.25) is 0 Å². The molecule has 0 saturated carbocycles. The van der Waals surface area contributed by atoms with Crippen molar-refractivity contribution in [3.05, 3.63) is 0 Å². The van der Waals surface area contributed by atoms with Crippen molar-refractivity contribution in [2.45, 2.75) is 33.6 Å². The van der Waals surface area contributed by atoms with Gasteiger partial charge in [-0.05, 0) is 18.8 Å². The molecule has 0 radical (unpaired) electrons. The monoisotopic (exact) mass is 292 g/mol. The molecule has 0 fully saturated rings. The highest BCUT2D eigenvalue weighted by atomic mass is 32.2. The average Bonchev–Trinajstić information content (AvgIpc) is 2.26. The molecule has 19 heavy (non-hydrogen) atoms. The lowest BCUT2D eigenvalue weighted by atomic mass is 10.1. The average molecular weight is 292 g/mol. The summed E-state index contributed by atoms with van der Waals surface area (Å²) < 4.78 is 24.1. The van der Waals surface area contributed by atoms with E-state index in [9.17, 15) is 8.42 Å². The summed E-state index contributed by atoms with van der Waals surface area (Å²) in [4.78, 5) is 4.17. The van der Waals surface area contributed by atoms with Crippen LogP contribution < -0.4 is 11.1 Å². The Balaban J connectivity index is 3.88. The van der Waals surface area contributed by atoms with Gasteiger partial charge in [0, 0.05) is 26.2 Å². The van der Waals surface area contributed by atoms with Crippen LogP contribution in [0, 0.1) is 5.92 Å². The number of sulfonamides is 1. The van der Waals surface area contributed by atoms with Crippen molar-refractivity contribution in [3.8, 4) is 0 Å². The number of guanidine groups is 1. The Bertz CT molecular complexity index is 366. The number of aliphatic imine (C=N–C) groups is 1. The normalized spacial score (nSPS) is 13.3. The van der Waals surface area contributed by atoms with Gasteiger partial charge in [-0.25, -0.2) is 12.7 Å². The van der Waals surface area contributed by atoms with E-state index in [0.29, 0.717) is 37.9 Å². The topological polar surface area (TPSA) is 87.8 Å². The quantitative estimate of drug-likeness (QED) is 0.370. The molecule has 0 aromatic carbocycles. The molecule has 0 unspecified atom stereocenters. The van der Waals surface area contributed by atoms with E-state index in [0.717, 1.165) is 13.0 Å². The molecule has 0 aromatic rings. The van der Waals surface area contributed by atoms with E-state index in [2.05, 4.69) is 24.2 Å². The predicted molar refractivity (Wildman–Crippen MR) is 80.7 cm³/mol. The van der Waals surface area contributed by atoms with Crippen molar-refractivity contribution in [2.24, 2.45) is 16.6 Å². The standard InChI is InChI=1S/C12H28N4O2S/c1-5-16(19(4,17)18)10-6-8-14-12(13)15-9-7-11(2)3/h11H,5-10H2,1-4H3,(H3,13,14,15). The minimum absolute atomic E-state index is 0.433. The van der Waals surface area contributed by atoms with Crippen molar-refractivity contribution in [1.29, 1.82) is 0 Å². The molecule has 0 bridgehead atoms. The minimum Gasteiger partial charge on any atom is -0.370 e. The van der Waals surface area contributed by atoms with Gasteiger partial charge in [-0.3, -0.25) is 4.99 Å². The number of nitrogens with one attached hydrogen (secondary N) is 1. The molecule has 0 aromatic heterocycles. The third-order valence-electron chi connectivity index (χ3n) is 2.70. The molecule has 0 heterocycles. The fourth-order valence-electron chi connectivity index (χ4n) is 1.55. The SMILES string of the molecule is CCN(CCCN=C(N)NCCC(C)C)S(C)(=O)=O. The molecule has 0 atom stereocenters. The Labute approximate surface area is 117 Å². The van der Waals surface area contributed by atoms with Crippen LogP contribution in [0.4, 0.5) is 0 Å². The highest BCUT2D eigenvalue weighted by Gasteiger charge is 2.12. The molecule has 114 valence electrons. The van der Waals surface area contributed by atoms with E-state index in [4.69, 9.17) is 5.73 Å². The number of nitrogens with zero attached hydrogens (tertiary/aromatic N) is 2. The van der Waals surface area contributed by atoms with E-state index < -0.39 is 10.0 Å². The highest BCUT2D eigenvalue weighted by molar-refractivity contribution is 7.88. The number of rotatable bonds is 9.